The zero-order valence-electron chi connectivity index (χ0n) is 30.5. The molecule has 0 saturated heterocycles. The fraction of sp³-hybridized carbons (Fsp3) is 0. The average molecular weight is 730 g/mol. The lowest BCUT2D eigenvalue weighted by atomic mass is 10.1. The largest absolute Gasteiger partial charge is 0.456 e. The summed E-state index contributed by atoms with van der Waals surface area (Å²) >= 11 is 0. The Labute approximate surface area is 326 Å². The van der Waals surface area contributed by atoms with Gasteiger partial charge in [0.05, 0.1) is 27.8 Å². The molecule has 12 aromatic rings. The van der Waals surface area contributed by atoms with Gasteiger partial charge in [-0.25, -0.2) is 15.0 Å². The molecule has 0 aliphatic rings. The monoisotopic (exact) mass is 729 g/mol. The Morgan fingerprint density at radius 2 is 0.877 bits per heavy atom. The Bertz CT molecular complexity index is 3520. The quantitative estimate of drug-likeness (QED) is 0.177. The van der Waals surface area contributed by atoms with Gasteiger partial charge in [0.2, 0.25) is 0 Å². The molecule has 12 rings (SSSR count). The number of benzene rings is 8. The van der Waals surface area contributed by atoms with Crippen LogP contribution < -0.4 is 0 Å². The third-order valence-corrected chi connectivity index (χ3v) is 11.2. The first kappa shape index (κ1) is 31.5. The van der Waals surface area contributed by atoms with Gasteiger partial charge in [-0.15, -0.1) is 0 Å². The van der Waals surface area contributed by atoms with Gasteiger partial charge >= 0.3 is 0 Å². The second-order valence-electron chi connectivity index (χ2n) is 14.4. The molecule has 0 saturated carbocycles. The van der Waals surface area contributed by atoms with Crippen LogP contribution in [0.15, 0.2) is 192 Å². The van der Waals surface area contributed by atoms with E-state index < -0.39 is 0 Å². The number of hydrogen-bond acceptors (Lipinski definition) is 4. The summed E-state index contributed by atoms with van der Waals surface area (Å²) in [4.78, 5) is 15.3. The molecule has 0 spiro atoms. The molecule has 6 nitrogen and oxygen atoms in total. The molecule has 0 atom stereocenters. The summed E-state index contributed by atoms with van der Waals surface area (Å²) < 4.78 is 11.1. The van der Waals surface area contributed by atoms with Crippen molar-refractivity contribution < 1.29 is 4.42 Å². The van der Waals surface area contributed by atoms with Crippen molar-refractivity contribution in [3.8, 4) is 45.5 Å². The second kappa shape index (κ2) is 12.3. The summed E-state index contributed by atoms with van der Waals surface area (Å²) in [6.45, 7) is 0. The van der Waals surface area contributed by atoms with E-state index in [1.807, 2.05) is 54.6 Å². The highest BCUT2D eigenvalue weighted by atomic mass is 16.3. The van der Waals surface area contributed by atoms with Crippen LogP contribution in [0.5, 0.6) is 0 Å². The average Bonchev–Trinajstić information content (AvgIpc) is 3.94. The highest BCUT2D eigenvalue weighted by Crippen LogP contribution is 2.41. The Morgan fingerprint density at radius 3 is 1.65 bits per heavy atom. The van der Waals surface area contributed by atoms with Crippen molar-refractivity contribution >= 4 is 65.6 Å². The van der Waals surface area contributed by atoms with Crippen LogP contribution in [0.2, 0.25) is 0 Å². The first-order valence-electron chi connectivity index (χ1n) is 19.1. The Balaban J connectivity index is 1.10. The van der Waals surface area contributed by atoms with Crippen molar-refractivity contribution in [2.45, 2.75) is 0 Å². The van der Waals surface area contributed by atoms with Gasteiger partial charge in [-0.1, -0.05) is 127 Å². The minimum Gasteiger partial charge on any atom is -0.456 e. The molecule has 266 valence electrons. The minimum absolute atomic E-state index is 0.584. The number of furan rings is 1. The van der Waals surface area contributed by atoms with Crippen molar-refractivity contribution in [3.63, 3.8) is 0 Å². The summed E-state index contributed by atoms with van der Waals surface area (Å²) in [6.07, 6.45) is 0. The van der Waals surface area contributed by atoms with Crippen LogP contribution in [-0.4, -0.2) is 24.1 Å². The van der Waals surface area contributed by atoms with Crippen LogP contribution in [0.1, 0.15) is 0 Å². The fourth-order valence-corrected chi connectivity index (χ4v) is 8.63. The van der Waals surface area contributed by atoms with Gasteiger partial charge in [-0.2, -0.15) is 0 Å². The maximum Gasteiger partial charge on any atom is 0.164 e. The van der Waals surface area contributed by atoms with Gasteiger partial charge < -0.3 is 13.6 Å². The number of fused-ring (bicyclic) bond motifs is 9. The summed E-state index contributed by atoms with van der Waals surface area (Å²) in [5.41, 5.74) is 11.1. The molecule has 0 radical (unpaired) electrons. The molecule has 4 heterocycles. The van der Waals surface area contributed by atoms with Crippen molar-refractivity contribution in [1.82, 2.24) is 24.1 Å². The van der Waals surface area contributed by atoms with Crippen LogP contribution in [-0.2, 0) is 0 Å². The normalized spacial score (nSPS) is 11.9. The van der Waals surface area contributed by atoms with E-state index >= 15 is 0 Å². The molecule has 57 heavy (non-hydrogen) atoms. The predicted molar refractivity (Wildman–Crippen MR) is 232 cm³/mol. The first-order chi connectivity index (χ1) is 28.3. The minimum atomic E-state index is 0.584. The molecule has 0 fully saturated rings. The summed E-state index contributed by atoms with van der Waals surface area (Å²) in [5, 5.41) is 6.88. The lowest BCUT2D eigenvalue weighted by Crippen LogP contribution is -2.00. The number of rotatable bonds is 5. The van der Waals surface area contributed by atoms with Crippen LogP contribution in [0.4, 0.5) is 0 Å². The lowest BCUT2D eigenvalue weighted by molar-refractivity contribution is 0.669. The molecule has 4 aromatic heterocycles. The van der Waals surface area contributed by atoms with E-state index in [0.29, 0.717) is 17.5 Å². The highest BCUT2D eigenvalue weighted by molar-refractivity contribution is 6.16. The van der Waals surface area contributed by atoms with Crippen LogP contribution in [0.25, 0.3) is 111 Å². The number of nitrogens with zero attached hydrogens (tertiary/aromatic N) is 5. The van der Waals surface area contributed by atoms with E-state index in [1.54, 1.807) is 0 Å². The third kappa shape index (κ3) is 4.87. The van der Waals surface area contributed by atoms with Crippen LogP contribution in [0, 0.1) is 0 Å². The smallest absolute Gasteiger partial charge is 0.164 e. The van der Waals surface area contributed by atoms with E-state index in [-0.39, 0.29) is 0 Å². The fourth-order valence-electron chi connectivity index (χ4n) is 8.63. The molecule has 0 amide bonds. The standard InChI is InChI=1S/C51H31N5O/c1-3-14-32(15-4-1)49-52-50(54-51(53-49)34-27-29-39-38-19-9-12-25-46(38)57-47(39)31-34)33-26-28-37-36-18-7-10-21-41(36)56(45(37)30-33)44-24-13-23-43-48(44)40-20-8-11-22-42(40)55(43)35-16-5-2-6-17-35/h1-31H. The molecule has 0 bridgehead atoms. The third-order valence-electron chi connectivity index (χ3n) is 11.2. The topological polar surface area (TPSA) is 61.7 Å². The molecule has 0 aliphatic carbocycles. The second-order valence-corrected chi connectivity index (χ2v) is 14.4. The van der Waals surface area contributed by atoms with Crippen molar-refractivity contribution in [2.75, 3.05) is 0 Å². The van der Waals surface area contributed by atoms with Gasteiger partial charge in [0.15, 0.2) is 17.5 Å². The van der Waals surface area contributed by atoms with E-state index in [2.05, 4.69) is 143 Å². The molecular weight excluding hydrogens is 699 g/mol. The molecule has 0 aliphatic heterocycles. The lowest BCUT2D eigenvalue weighted by Gasteiger charge is -2.12. The number of para-hydroxylation sites is 4. The van der Waals surface area contributed by atoms with E-state index in [0.717, 1.165) is 71.9 Å². The van der Waals surface area contributed by atoms with E-state index in [1.165, 1.54) is 21.7 Å². The van der Waals surface area contributed by atoms with Gasteiger partial charge in [0.25, 0.3) is 0 Å². The first-order valence-corrected chi connectivity index (χ1v) is 19.1. The van der Waals surface area contributed by atoms with Crippen molar-refractivity contribution in [2.24, 2.45) is 0 Å². The Hall–Kier alpha value is -7.83. The molecule has 8 aromatic carbocycles. The SMILES string of the molecule is c1ccc(-c2nc(-c3ccc4c(c3)oc3ccccc34)nc(-c3ccc4c5ccccc5n(-c5cccc6c5c5ccccc5n6-c5ccccc5)c4c3)n2)cc1. The summed E-state index contributed by atoms with van der Waals surface area (Å²) in [7, 11) is 0. The van der Waals surface area contributed by atoms with Crippen molar-refractivity contribution in [3.05, 3.63) is 188 Å². The van der Waals surface area contributed by atoms with Gasteiger partial charge in [0, 0.05) is 54.7 Å². The summed E-state index contributed by atoms with van der Waals surface area (Å²) in [5.74, 6) is 1.79. The van der Waals surface area contributed by atoms with Gasteiger partial charge in [-0.05, 0) is 60.7 Å². The van der Waals surface area contributed by atoms with E-state index in [9.17, 15) is 0 Å². The molecule has 6 heteroatoms. The Morgan fingerprint density at radius 1 is 0.333 bits per heavy atom. The predicted octanol–water partition coefficient (Wildman–Crippen LogP) is 13.0. The zero-order valence-corrected chi connectivity index (χ0v) is 30.5. The number of hydrogen-bond donors (Lipinski definition) is 0. The highest BCUT2D eigenvalue weighted by Gasteiger charge is 2.21. The molecule has 0 N–H and O–H groups in total. The van der Waals surface area contributed by atoms with Crippen LogP contribution >= 0.6 is 0 Å². The van der Waals surface area contributed by atoms with E-state index in [4.69, 9.17) is 19.4 Å². The summed E-state index contributed by atoms with van der Waals surface area (Å²) in [6, 6.07) is 65.6. The zero-order chi connectivity index (χ0) is 37.5. The Kier molecular flexibility index (Phi) is 6.83. The molecular formula is C51H31N5O. The maximum absolute atomic E-state index is 6.28. The number of aromatic nitrogens is 5. The van der Waals surface area contributed by atoms with Gasteiger partial charge in [-0.3, -0.25) is 0 Å². The van der Waals surface area contributed by atoms with Gasteiger partial charge in [0.1, 0.15) is 11.2 Å². The van der Waals surface area contributed by atoms with Crippen LogP contribution in [0.3, 0.4) is 0 Å². The maximum atomic E-state index is 6.28. The molecule has 0 unspecified atom stereocenters. The van der Waals surface area contributed by atoms with Crippen molar-refractivity contribution in [1.29, 1.82) is 0 Å².